The van der Waals surface area contributed by atoms with Crippen LogP contribution in [-0.2, 0) is 11.3 Å². The van der Waals surface area contributed by atoms with E-state index in [1.165, 1.54) is 5.56 Å². The SMILES string of the molecule is CCNC(=NCC1(C(=O)N(C)C)CCCC1)NC1CCN(Cc2ccsc2)CC1.I. The Balaban J connectivity index is 0.00000320. The number of carbonyl (C=O) groups is 1. The van der Waals surface area contributed by atoms with Gasteiger partial charge < -0.3 is 15.5 Å². The van der Waals surface area contributed by atoms with Crippen LogP contribution in [0.5, 0.6) is 0 Å². The summed E-state index contributed by atoms with van der Waals surface area (Å²) in [6.07, 6.45) is 6.40. The van der Waals surface area contributed by atoms with Crippen LogP contribution in [0, 0.1) is 5.41 Å². The molecule has 1 amide bonds. The molecule has 1 aromatic rings. The fraction of sp³-hybridized carbons (Fsp3) is 0.727. The van der Waals surface area contributed by atoms with Crippen LogP contribution in [0.15, 0.2) is 21.8 Å². The van der Waals surface area contributed by atoms with Gasteiger partial charge in [0, 0.05) is 46.3 Å². The van der Waals surface area contributed by atoms with Crippen molar-refractivity contribution in [2.24, 2.45) is 10.4 Å². The van der Waals surface area contributed by atoms with Crippen LogP contribution >= 0.6 is 35.3 Å². The summed E-state index contributed by atoms with van der Waals surface area (Å²) >= 11 is 1.77. The lowest BCUT2D eigenvalue weighted by Gasteiger charge is -2.33. The third-order valence-electron chi connectivity index (χ3n) is 6.22. The van der Waals surface area contributed by atoms with E-state index < -0.39 is 0 Å². The van der Waals surface area contributed by atoms with Crippen molar-refractivity contribution in [2.75, 3.05) is 40.3 Å². The smallest absolute Gasteiger partial charge is 0.230 e. The maximum Gasteiger partial charge on any atom is 0.230 e. The highest BCUT2D eigenvalue weighted by molar-refractivity contribution is 14.0. The molecule has 6 nitrogen and oxygen atoms in total. The number of halogens is 1. The van der Waals surface area contributed by atoms with E-state index in [-0.39, 0.29) is 35.3 Å². The van der Waals surface area contributed by atoms with Crippen LogP contribution in [0.25, 0.3) is 0 Å². The highest BCUT2D eigenvalue weighted by atomic mass is 127. The molecule has 0 bridgehead atoms. The highest BCUT2D eigenvalue weighted by Crippen LogP contribution is 2.39. The first-order valence-electron chi connectivity index (χ1n) is 11.0. The van der Waals surface area contributed by atoms with E-state index in [0.29, 0.717) is 12.6 Å². The van der Waals surface area contributed by atoms with E-state index in [4.69, 9.17) is 4.99 Å². The summed E-state index contributed by atoms with van der Waals surface area (Å²) in [5.74, 6) is 1.10. The van der Waals surface area contributed by atoms with Gasteiger partial charge in [-0.15, -0.1) is 24.0 Å². The fourth-order valence-corrected chi connectivity index (χ4v) is 5.25. The van der Waals surface area contributed by atoms with Crippen molar-refractivity contribution in [1.29, 1.82) is 0 Å². The lowest BCUT2D eigenvalue weighted by Crippen LogP contribution is -2.49. The maximum absolute atomic E-state index is 12.8. The Labute approximate surface area is 202 Å². The van der Waals surface area contributed by atoms with Gasteiger partial charge in [-0.25, -0.2) is 0 Å². The molecule has 2 N–H and O–H groups in total. The summed E-state index contributed by atoms with van der Waals surface area (Å²) in [7, 11) is 3.72. The number of nitrogens with zero attached hydrogens (tertiary/aromatic N) is 3. The van der Waals surface area contributed by atoms with Crippen molar-refractivity contribution in [3.63, 3.8) is 0 Å². The molecule has 1 aromatic heterocycles. The van der Waals surface area contributed by atoms with E-state index in [1.807, 2.05) is 14.1 Å². The molecule has 0 aromatic carbocycles. The zero-order chi connectivity index (χ0) is 20.7. The third-order valence-corrected chi connectivity index (χ3v) is 6.95. The van der Waals surface area contributed by atoms with Crippen LogP contribution in [-0.4, -0.2) is 68.0 Å². The van der Waals surface area contributed by atoms with E-state index in [1.54, 1.807) is 16.2 Å². The molecule has 8 heteroatoms. The lowest BCUT2D eigenvalue weighted by molar-refractivity contribution is -0.138. The zero-order valence-corrected chi connectivity index (χ0v) is 21.8. The van der Waals surface area contributed by atoms with Crippen molar-refractivity contribution >= 4 is 47.2 Å². The molecule has 0 unspecified atom stereocenters. The molecule has 0 atom stereocenters. The summed E-state index contributed by atoms with van der Waals surface area (Å²) in [5, 5.41) is 11.4. The minimum atomic E-state index is -0.310. The summed E-state index contributed by atoms with van der Waals surface area (Å²) in [5.41, 5.74) is 1.11. The minimum absolute atomic E-state index is 0. The number of piperidine rings is 1. The van der Waals surface area contributed by atoms with Crippen molar-refractivity contribution < 1.29 is 4.79 Å². The zero-order valence-electron chi connectivity index (χ0n) is 18.7. The Morgan fingerprint density at radius 2 is 2.00 bits per heavy atom. The summed E-state index contributed by atoms with van der Waals surface area (Å²) in [6.45, 7) is 6.77. The predicted octanol–water partition coefficient (Wildman–Crippen LogP) is 3.53. The highest BCUT2D eigenvalue weighted by Gasteiger charge is 2.42. The second-order valence-electron chi connectivity index (χ2n) is 8.71. The Morgan fingerprint density at radius 3 is 2.57 bits per heavy atom. The molecular weight excluding hydrogens is 509 g/mol. The molecule has 1 saturated heterocycles. The Morgan fingerprint density at radius 1 is 1.30 bits per heavy atom. The molecule has 2 aliphatic rings. The van der Waals surface area contributed by atoms with Gasteiger partial charge in [-0.2, -0.15) is 11.3 Å². The van der Waals surface area contributed by atoms with E-state index in [0.717, 1.165) is 70.7 Å². The van der Waals surface area contributed by atoms with Crippen LogP contribution in [0.2, 0.25) is 0 Å². The molecule has 1 aliphatic carbocycles. The molecule has 0 radical (unpaired) electrons. The molecule has 1 saturated carbocycles. The number of guanidine groups is 1. The number of hydrogen-bond donors (Lipinski definition) is 2. The number of nitrogens with one attached hydrogen (secondary N) is 2. The Bertz CT molecular complexity index is 665. The van der Waals surface area contributed by atoms with Crippen molar-refractivity contribution in [3.8, 4) is 0 Å². The molecule has 0 spiro atoms. The molecule has 30 heavy (non-hydrogen) atoms. The normalized spacial score (nSPS) is 19.9. The first-order chi connectivity index (χ1) is 14.0. The van der Waals surface area contributed by atoms with Crippen LogP contribution in [0.1, 0.15) is 51.0 Å². The Kier molecular flexibility index (Phi) is 10.4. The van der Waals surface area contributed by atoms with Crippen molar-refractivity contribution in [1.82, 2.24) is 20.4 Å². The molecule has 2 heterocycles. The van der Waals surface area contributed by atoms with Gasteiger partial charge >= 0.3 is 0 Å². The summed E-state index contributed by atoms with van der Waals surface area (Å²) in [4.78, 5) is 22.0. The number of hydrogen-bond acceptors (Lipinski definition) is 4. The second kappa shape index (κ2) is 12.2. The molecule has 1 aliphatic heterocycles. The molecule has 2 fully saturated rings. The number of thiophene rings is 1. The standard InChI is InChI=1S/C22H37N5OS.HI/c1-4-23-21(24-17-22(10-5-6-11-22)20(28)26(2)3)25-19-7-12-27(13-8-19)15-18-9-14-29-16-18;/h9,14,16,19H,4-8,10-13,15,17H2,1-3H3,(H2,23,24,25);1H. The molecule has 170 valence electrons. The van der Waals surface area contributed by atoms with Crippen LogP contribution in [0.4, 0.5) is 0 Å². The van der Waals surface area contributed by atoms with Crippen molar-refractivity contribution in [3.05, 3.63) is 22.4 Å². The largest absolute Gasteiger partial charge is 0.357 e. The fourth-order valence-electron chi connectivity index (χ4n) is 4.59. The minimum Gasteiger partial charge on any atom is -0.357 e. The number of amides is 1. The number of likely N-dealkylation sites (tertiary alicyclic amines) is 1. The van der Waals surface area contributed by atoms with E-state index >= 15 is 0 Å². The second-order valence-corrected chi connectivity index (χ2v) is 9.49. The van der Waals surface area contributed by atoms with E-state index in [9.17, 15) is 4.79 Å². The lowest BCUT2D eigenvalue weighted by atomic mass is 9.85. The molecular formula is C22H38IN5OS. The Hall–Kier alpha value is -0.870. The average molecular weight is 548 g/mol. The van der Waals surface area contributed by atoms with Gasteiger partial charge in [0.15, 0.2) is 5.96 Å². The van der Waals surface area contributed by atoms with Gasteiger partial charge in [0.1, 0.15) is 0 Å². The number of carbonyl (C=O) groups excluding carboxylic acids is 1. The van der Waals surface area contributed by atoms with Gasteiger partial charge in [0.05, 0.1) is 12.0 Å². The monoisotopic (exact) mass is 547 g/mol. The van der Waals surface area contributed by atoms with Crippen LogP contribution < -0.4 is 10.6 Å². The van der Waals surface area contributed by atoms with Gasteiger partial charge in [0.25, 0.3) is 0 Å². The van der Waals surface area contributed by atoms with Gasteiger partial charge in [-0.05, 0) is 55.0 Å². The maximum atomic E-state index is 12.8. The number of aliphatic imine (C=N–C) groups is 1. The van der Waals surface area contributed by atoms with Gasteiger partial charge in [-0.3, -0.25) is 14.7 Å². The summed E-state index contributed by atoms with van der Waals surface area (Å²) in [6, 6.07) is 2.66. The van der Waals surface area contributed by atoms with Crippen molar-refractivity contribution in [2.45, 2.75) is 58.0 Å². The third kappa shape index (κ3) is 6.82. The van der Waals surface area contributed by atoms with Crippen LogP contribution in [0.3, 0.4) is 0 Å². The molecule has 3 rings (SSSR count). The first-order valence-corrected chi connectivity index (χ1v) is 12.0. The summed E-state index contributed by atoms with van der Waals surface area (Å²) < 4.78 is 0. The quantitative estimate of drug-likeness (QED) is 0.312. The first kappa shape index (κ1) is 25.4. The topological polar surface area (TPSA) is 60.0 Å². The average Bonchev–Trinajstić information content (AvgIpc) is 3.40. The number of rotatable bonds is 7. The predicted molar refractivity (Wildman–Crippen MR) is 137 cm³/mol. The van der Waals surface area contributed by atoms with Gasteiger partial charge in [0.2, 0.25) is 5.91 Å². The van der Waals surface area contributed by atoms with Gasteiger partial charge in [-0.1, -0.05) is 12.8 Å². The van der Waals surface area contributed by atoms with E-state index in [2.05, 4.69) is 39.3 Å².